The van der Waals surface area contributed by atoms with Gasteiger partial charge in [0.2, 0.25) is 5.91 Å². The SMILES string of the molecule is O=C(O)CC1CSCCN1C(=O)CN1C(=O)CNC1=O. The first-order chi connectivity index (χ1) is 9.49. The van der Waals surface area contributed by atoms with Gasteiger partial charge < -0.3 is 15.3 Å². The molecule has 2 rings (SSSR count). The van der Waals surface area contributed by atoms with E-state index in [1.807, 2.05) is 0 Å². The first-order valence-corrected chi connectivity index (χ1v) is 7.31. The van der Waals surface area contributed by atoms with Crippen LogP contribution in [0.1, 0.15) is 6.42 Å². The average Bonchev–Trinajstić information content (AvgIpc) is 2.70. The van der Waals surface area contributed by atoms with Crippen LogP contribution in [0.25, 0.3) is 0 Å². The van der Waals surface area contributed by atoms with Crippen molar-refractivity contribution in [3.8, 4) is 0 Å². The number of rotatable bonds is 4. The molecule has 4 amide bonds. The zero-order valence-electron chi connectivity index (χ0n) is 10.7. The van der Waals surface area contributed by atoms with Crippen molar-refractivity contribution < 1.29 is 24.3 Å². The van der Waals surface area contributed by atoms with Gasteiger partial charge in [-0.2, -0.15) is 11.8 Å². The Kier molecular flexibility index (Phi) is 4.48. The fourth-order valence-electron chi connectivity index (χ4n) is 2.20. The Bertz CT molecular complexity index is 439. The average molecular weight is 301 g/mol. The van der Waals surface area contributed by atoms with Gasteiger partial charge in [0.25, 0.3) is 5.91 Å². The van der Waals surface area contributed by atoms with Gasteiger partial charge in [-0.25, -0.2) is 4.79 Å². The summed E-state index contributed by atoms with van der Waals surface area (Å²) in [6.07, 6.45) is -0.126. The van der Waals surface area contributed by atoms with Crippen molar-refractivity contribution in [1.82, 2.24) is 15.1 Å². The van der Waals surface area contributed by atoms with E-state index < -0.39 is 17.9 Å². The number of nitrogens with zero attached hydrogens (tertiary/aromatic N) is 2. The van der Waals surface area contributed by atoms with Crippen LogP contribution in [0.3, 0.4) is 0 Å². The molecule has 0 aliphatic carbocycles. The number of imide groups is 1. The van der Waals surface area contributed by atoms with Crippen LogP contribution >= 0.6 is 11.8 Å². The molecule has 20 heavy (non-hydrogen) atoms. The van der Waals surface area contributed by atoms with Gasteiger partial charge in [-0.15, -0.1) is 0 Å². The van der Waals surface area contributed by atoms with E-state index in [1.165, 1.54) is 4.90 Å². The molecule has 9 heteroatoms. The maximum atomic E-state index is 12.2. The first kappa shape index (κ1) is 14.6. The van der Waals surface area contributed by atoms with E-state index in [1.54, 1.807) is 11.8 Å². The number of carboxylic acids is 1. The van der Waals surface area contributed by atoms with Crippen molar-refractivity contribution in [2.75, 3.05) is 31.1 Å². The summed E-state index contributed by atoms with van der Waals surface area (Å²) < 4.78 is 0. The van der Waals surface area contributed by atoms with Crippen LogP contribution in [-0.4, -0.2) is 75.9 Å². The number of carbonyl (C=O) groups excluding carboxylic acids is 3. The van der Waals surface area contributed by atoms with Crippen molar-refractivity contribution in [2.45, 2.75) is 12.5 Å². The third-order valence-electron chi connectivity index (χ3n) is 3.19. The number of aliphatic carboxylic acids is 1. The second-order valence-electron chi connectivity index (χ2n) is 4.55. The molecule has 0 aromatic carbocycles. The lowest BCUT2D eigenvalue weighted by Gasteiger charge is -2.35. The minimum absolute atomic E-state index is 0.0967. The zero-order chi connectivity index (χ0) is 14.7. The van der Waals surface area contributed by atoms with Crippen LogP contribution in [0.4, 0.5) is 4.79 Å². The summed E-state index contributed by atoms with van der Waals surface area (Å²) in [6, 6.07) is -0.968. The summed E-state index contributed by atoms with van der Waals surface area (Å²) in [5.74, 6) is -0.517. The van der Waals surface area contributed by atoms with E-state index >= 15 is 0 Å². The minimum atomic E-state index is -0.967. The van der Waals surface area contributed by atoms with Crippen LogP contribution < -0.4 is 5.32 Å². The second-order valence-corrected chi connectivity index (χ2v) is 5.70. The van der Waals surface area contributed by atoms with Gasteiger partial charge in [-0.3, -0.25) is 19.3 Å². The first-order valence-electron chi connectivity index (χ1n) is 6.16. The number of hydrogen-bond donors (Lipinski definition) is 2. The van der Waals surface area contributed by atoms with Crippen LogP contribution in [0.5, 0.6) is 0 Å². The Labute approximate surface area is 119 Å². The Balaban J connectivity index is 2.00. The van der Waals surface area contributed by atoms with Crippen LogP contribution in [0.2, 0.25) is 0 Å². The second kappa shape index (κ2) is 6.12. The molecule has 2 aliphatic heterocycles. The molecule has 0 spiro atoms. The fourth-order valence-corrected chi connectivity index (χ4v) is 3.26. The highest BCUT2D eigenvalue weighted by atomic mass is 32.2. The number of urea groups is 1. The van der Waals surface area contributed by atoms with Gasteiger partial charge in [0, 0.05) is 18.1 Å². The predicted octanol–water partition coefficient (Wildman–Crippen LogP) is -1.04. The molecule has 0 bridgehead atoms. The molecule has 2 saturated heterocycles. The summed E-state index contributed by atoms with van der Waals surface area (Å²) in [4.78, 5) is 48.1. The van der Waals surface area contributed by atoms with Crippen molar-refractivity contribution in [3.63, 3.8) is 0 Å². The highest BCUT2D eigenvalue weighted by Gasteiger charge is 2.34. The standard InChI is InChI=1S/C11H15N3O5S/c15-8-4-12-11(19)14(8)5-9(16)13-1-2-20-6-7(13)3-10(17)18/h7H,1-6H2,(H,12,19)(H,17,18). The van der Waals surface area contributed by atoms with E-state index in [0.29, 0.717) is 12.3 Å². The smallest absolute Gasteiger partial charge is 0.325 e. The Hall–Kier alpha value is -1.77. The molecule has 2 aliphatic rings. The monoisotopic (exact) mass is 301 g/mol. The van der Waals surface area contributed by atoms with E-state index in [9.17, 15) is 19.2 Å². The van der Waals surface area contributed by atoms with Crippen molar-refractivity contribution in [2.24, 2.45) is 0 Å². The molecule has 0 aromatic rings. The molecule has 0 aromatic heterocycles. The third kappa shape index (κ3) is 3.21. The van der Waals surface area contributed by atoms with E-state index in [4.69, 9.17) is 5.11 Å². The van der Waals surface area contributed by atoms with E-state index in [0.717, 1.165) is 10.7 Å². The Morgan fingerprint density at radius 2 is 2.15 bits per heavy atom. The molecule has 0 saturated carbocycles. The van der Waals surface area contributed by atoms with Gasteiger partial charge in [-0.05, 0) is 0 Å². The number of thioether (sulfide) groups is 1. The molecule has 1 atom stereocenters. The Morgan fingerprint density at radius 3 is 2.75 bits per heavy atom. The summed E-state index contributed by atoms with van der Waals surface area (Å²) in [6.45, 7) is 0.0110. The molecular weight excluding hydrogens is 286 g/mol. The number of carboxylic acid groups (broad SMARTS) is 1. The van der Waals surface area contributed by atoms with Gasteiger partial charge in [0.15, 0.2) is 0 Å². The van der Waals surface area contributed by atoms with Crippen molar-refractivity contribution >= 4 is 35.6 Å². The fraction of sp³-hybridized carbons (Fsp3) is 0.636. The normalized spacial score (nSPS) is 22.9. The third-order valence-corrected chi connectivity index (χ3v) is 4.28. The molecule has 110 valence electrons. The highest BCUT2D eigenvalue weighted by molar-refractivity contribution is 7.99. The molecule has 8 nitrogen and oxygen atoms in total. The highest BCUT2D eigenvalue weighted by Crippen LogP contribution is 2.19. The molecule has 2 N–H and O–H groups in total. The van der Waals surface area contributed by atoms with Crippen LogP contribution in [0.15, 0.2) is 0 Å². The van der Waals surface area contributed by atoms with E-state index in [2.05, 4.69) is 5.32 Å². The van der Waals surface area contributed by atoms with Gasteiger partial charge >= 0.3 is 12.0 Å². The largest absolute Gasteiger partial charge is 0.481 e. The summed E-state index contributed by atoms with van der Waals surface area (Å²) in [5, 5.41) is 11.2. The predicted molar refractivity (Wildman–Crippen MR) is 70.2 cm³/mol. The lowest BCUT2D eigenvalue weighted by molar-refractivity contribution is -0.142. The maximum absolute atomic E-state index is 12.2. The van der Waals surface area contributed by atoms with Crippen molar-refractivity contribution in [3.05, 3.63) is 0 Å². The summed E-state index contributed by atoms with van der Waals surface area (Å²) in [7, 11) is 0. The number of amides is 4. The number of nitrogens with one attached hydrogen (secondary N) is 1. The van der Waals surface area contributed by atoms with Gasteiger partial charge in [0.05, 0.1) is 19.0 Å². The molecule has 2 fully saturated rings. The summed E-state index contributed by atoms with van der Waals surface area (Å²) in [5.41, 5.74) is 0. The van der Waals surface area contributed by atoms with E-state index in [-0.39, 0.29) is 31.5 Å². The van der Waals surface area contributed by atoms with Crippen molar-refractivity contribution in [1.29, 1.82) is 0 Å². The summed E-state index contributed by atoms with van der Waals surface area (Å²) >= 11 is 1.59. The van der Waals surface area contributed by atoms with Gasteiger partial charge in [-0.1, -0.05) is 0 Å². The Morgan fingerprint density at radius 1 is 1.40 bits per heavy atom. The number of carbonyl (C=O) groups is 4. The molecule has 0 radical (unpaired) electrons. The molecular formula is C11H15N3O5S. The molecule has 2 heterocycles. The van der Waals surface area contributed by atoms with Gasteiger partial charge in [0.1, 0.15) is 6.54 Å². The quantitative estimate of drug-likeness (QED) is 0.642. The topological polar surface area (TPSA) is 107 Å². The lowest BCUT2D eigenvalue weighted by atomic mass is 10.2. The molecule has 1 unspecified atom stereocenters. The zero-order valence-corrected chi connectivity index (χ0v) is 11.5. The number of hydrogen-bond acceptors (Lipinski definition) is 5. The maximum Gasteiger partial charge on any atom is 0.325 e. The minimum Gasteiger partial charge on any atom is -0.481 e. The lowest BCUT2D eigenvalue weighted by Crippen LogP contribution is -2.51. The van der Waals surface area contributed by atoms with Crippen LogP contribution in [0, 0.1) is 0 Å². The van der Waals surface area contributed by atoms with Crippen LogP contribution in [-0.2, 0) is 14.4 Å².